The van der Waals surface area contributed by atoms with Gasteiger partial charge in [-0.25, -0.2) is 0 Å². The van der Waals surface area contributed by atoms with Crippen molar-refractivity contribution in [1.29, 1.82) is 0 Å². The predicted octanol–water partition coefficient (Wildman–Crippen LogP) is 5.06. The SMILES string of the molecule is O=C(Nc1ccc2c(c1)OC1(CCCC1)O2)c1ccc(COCC(F)(F)F)cc1. The second-order valence-corrected chi connectivity index (χ2v) is 7.24. The monoisotopic (exact) mass is 407 g/mol. The maximum absolute atomic E-state index is 12.5. The van der Waals surface area contributed by atoms with Crippen molar-refractivity contribution in [3.05, 3.63) is 53.6 Å². The highest BCUT2D eigenvalue weighted by Crippen LogP contribution is 2.47. The summed E-state index contributed by atoms with van der Waals surface area (Å²) >= 11 is 0. The van der Waals surface area contributed by atoms with E-state index in [9.17, 15) is 18.0 Å². The fourth-order valence-corrected chi connectivity index (χ4v) is 3.53. The van der Waals surface area contributed by atoms with Gasteiger partial charge >= 0.3 is 6.18 Å². The Hall–Kier alpha value is -2.74. The molecule has 0 unspecified atom stereocenters. The number of rotatable bonds is 5. The zero-order valence-corrected chi connectivity index (χ0v) is 15.6. The third kappa shape index (κ3) is 4.64. The van der Waals surface area contributed by atoms with E-state index in [0.29, 0.717) is 28.3 Å². The van der Waals surface area contributed by atoms with Crippen molar-refractivity contribution in [3.63, 3.8) is 0 Å². The lowest BCUT2D eigenvalue weighted by molar-refractivity contribution is -0.176. The van der Waals surface area contributed by atoms with Gasteiger partial charge in [0, 0.05) is 30.2 Å². The third-order valence-electron chi connectivity index (χ3n) is 4.91. The molecule has 1 heterocycles. The number of carbonyl (C=O) groups excluding carboxylic acids is 1. The molecule has 2 aromatic carbocycles. The zero-order valence-electron chi connectivity index (χ0n) is 15.6. The van der Waals surface area contributed by atoms with Crippen LogP contribution in [0.1, 0.15) is 41.6 Å². The first-order chi connectivity index (χ1) is 13.8. The number of alkyl halides is 3. The summed E-state index contributed by atoms with van der Waals surface area (Å²) in [6, 6.07) is 11.5. The summed E-state index contributed by atoms with van der Waals surface area (Å²) in [4.78, 5) is 12.5. The lowest BCUT2D eigenvalue weighted by atomic mass is 10.1. The molecule has 0 saturated heterocycles. The molecule has 1 aliphatic heterocycles. The van der Waals surface area contributed by atoms with Gasteiger partial charge in [0.25, 0.3) is 11.7 Å². The Labute approximate surface area is 165 Å². The Bertz CT molecular complexity index is 890. The average Bonchev–Trinajstić information content (AvgIpc) is 3.27. The van der Waals surface area contributed by atoms with Crippen LogP contribution in [-0.4, -0.2) is 24.5 Å². The van der Waals surface area contributed by atoms with E-state index in [1.54, 1.807) is 42.5 Å². The Morgan fingerprint density at radius 1 is 1.03 bits per heavy atom. The van der Waals surface area contributed by atoms with Crippen molar-refractivity contribution in [2.45, 2.75) is 44.3 Å². The molecule has 4 rings (SSSR count). The van der Waals surface area contributed by atoms with E-state index in [1.165, 1.54) is 0 Å². The van der Waals surface area contributed by atoms with E-state index in [0.717, 1.165) is 25.7 Å². The van der Waals surface area contributed by atoms with Crippen molar-refractivity contribution in [3.8, 4) is 11.5 Å². The van der Waals surface area contributed by atoms with E-state index < -0.39 is 18.6 Å². The summed E-state index contributed by atoms with van der Waals surface area (Å²) in [7, 11) is 0. The Morgan fingerprint density at radius 2 is 1.72 bits per heavy atom. The number of benzene rings is 2. The maximum atomic E-state index is 12.5. The molecule has 1 aliphatic carbocycles. The van der Waals surface area contributed by atoms with Crippen molar-refractivity contribution in [2.75, 3.05) is 11.9 Å². The van der Waals surface area contributed by atoms with E-state index in [4.69, 9.17) is 9.47 Å². The Kier molecular flexibility index (Phi) is 5.12. The highest BCUT2D eigenvalue weighted by molar-refractivity contribution is 6.04. The number of amides is 1. The number of hydrogen-bond donors (Lipinski definition) is 1. The molecular weight excluding hydrogens is 387 g/mol. The largest absolute Gasteiger partial charge is 0.448 e. The zero-order chi connectivity index (χ0) is 20.5. The second-order valence-electron chi connectivity index (χ2n) is 7.24. The van der Waals surface area contributed by atoms with Gasteiger partial charge in [-0.1, -0.05) is 12.1 Å². The molecule has 1 saturated carbocycles. The first-order valence-corrected chi connectivity index (χ1v) is 9.39. The van der Waals surface area contributed by atoms with Gasteiger partial charge in [0.1, 0.15) is 6.61 Å². The van der Waals surface area contributed by atoms with Crippen LogP contribution in [0, 0.1) is 0 Å². The number of hydrogen-bond acceptors (Lipinski definition) is 4. The minimum Gasteiger partial charge on any atom is -0.448 e. The number of nitrogens with one attached hydrogen (secondary N) is 1. The maximum Gasteiger partial charge on any atom is 0.411 e. The molecule has 8 heteroatoms. The van der Waals surface area contributed by atoms with Gasteiger partial charge < -0.3 is 19.5 Å². The summed E-state index contributed by atoms with van der Waals surface area (Å²) in [5.74, 6) is 0.395. The van der Waals surface area contributed by atoms with Gasteiger partial charge in [0.2, 0.25) is 0 Å². The molecule has 0 aromatic heterocycles. The fraction of sp³-hybridized carbons (Fsp3) is 0.381. The average molecular weight is 407 g/mol. The number of anilines is 1. The van der Waals surface area contributed by atoms with Crippen LogP contribution >= 0.6 is 0 Å². The predicted molar refractivity (Wildman–Crippen MR) is 99.0 cm³/mol. The van der Waals surface area contributed by atoms with Crippen LogP contribution in [0.5, 0.6) is 11.5 Å². The molecule has 2 aromatic rings. The van der Waals surface area contributed by atoms with Crippen LogP contribution in [0.2, 0.25) is 0 Å². The smallest absolute Gasteiger partial charge is 0.411 e. The van der Waals surface area contributed by atoms with Gasteiger partial charge in [-0.3, -0.25) is 4.79 Å². The lowest BCUT2D eigenvalue weighted by Crippen LogP contribution is -2.34. The Balaban J connectivity index is 1.35. The quantitative estimate of drug-likeness (QED) is 0.753. The molecule has 0 bridgehead atoms. The van der Waals surface area contributed by atoms with Gasteiger partial charge in [-0.05, 0) is 42.7 Å². The van der Waals surface area contributed by atoms with E-state index in [1.807, 2.05) is 0 Å². The van der Waals surface area contributed by atoms with Crippen LogP contribution in [0.3, 0.4) is 0 Å². The van der Waals surface area contributed by atoms with Crippen LogP contribution in [0.4, 0.5) is 18.9 Å². The van der Waals surface area contributed by atoms with Crippen molar-refractivity contribution in [2.24, 2.45) is 0 Å². The van der Waals surface area contributed by atoms with Crippen molar-refractivity contribution in [1.82, 2.24) is 0 Å². The fourth-order valence-electron chi connectivity index (χ4n) is 3.53. The third-order valence-corrected chi connectivity index (χ3v) is 4.91. The van der Waals surface area contributed by atoms with Crippen molar-refractivity contribution >= 4 is 11.6 Å². The standard InChI is InChI=1S/C21H20F3NO4/c22-21(23,24)13-27-12-14-3-5-15(6-4-14)19(26)25-16-7-8-17-18(11-16)29-20(28-17)9-1-2-10-20/h3-8,11H,1-2,9-10,12-13H2,(H,25,26). The van der Waals surface area contributed by atoms with Gasteiger partial charge in [0.15, 0.2) is 11.5 Å². The van der Waals surface area contributed by atoms with Gasteiger partial charge in [0.05, 0.1) is 6.61 Å². The second kappa shape index (κ2) is 7.59. The molecule has 1 spiro atoms. The van der Waals surface area contributed by atoms with Crippen molar-refractivity contribution < 1.29 is 32.2 Å². The first-order valence-electron chi connectivity index (χ1n) is 9.39. The minimum atomic E-state index is -4.36. The van der Waals surface area contributed by atoms with E-state index in [-0.39, 0.29) is 12.5 Å². The number of fused-ring (bicyclic) bond motifs is 1. The normalized spacial score (nSPS) is 16.9. The number of halogens is 3. The molecular formula is C21H20F3NO4. The van der Waals surface area contributed by atoms with Crippen LogP contribution in [0.15, 0.2) is 42.5 Å². The molecule has 1 amide bonds. The molecule has 5 nitrogen and oxygen atoms in total. The molecule has 0 radical (unpaired) electrons. The first kappa shape index (κ1) is 19.6. The molecule has 29 heavy (non-hydrogen) atoms. The summed E-state index contributed by atoms with van der Waals surface area (Å²) in [6.07, 6.45) is -0.531. The summed E-state index contributed by atoms with van der Waals surface area (Å²) in [6.45, 7) is -1.48. The highest BCUT2D eigenvalue weighted by atomic mass is 19.4. The molecule has 1 N–H and O–H groups in total. The summed E-state index contributed by atoms with van der Waals surface area (Å²) in [5, 5.41) is 2.79. The van der Waals surface area contributed by atoms with E-state index in [2.05, 4.69) is 10.1 Å². The molecule has 154 valence electrons. The molecule has 1 fully saturated rings. The highest BCUT2D eigenvalue weighted by Gasteiger charge is 2.44. The van der Waals surface area contributed by atoms with Gasteiger partial charge in [-0.2, -0.15) is 13.2 Å². The molecule has 0 atom stereocenters. The molecule has 2 aliphatic rings. The van der Waals surface area contributed by atoms with Crippen LogP contribution < -0.4 is 14.8 Å². The van der Waals surface area contributed by atoms with Crippen LogP contribution in [-0.2, 0) is 11.3 Å². The number of carbonyl (C=O) groups is 1. The number of ether oxygens (including phenoxy) is 3. The minimum absolute atomic E-state index is 0.175. The van der Waals surface area contributed by atoms with Gasteiger partial charge in [-0.15, -0.1) is 0 Å². The topological polar surface area (TPSA) is 56.8 Å². The Morgan fingerprint density at radius 3 is 2.41 bits per heavy atom. The summed E-state index contributed by atoms with van der Waals surface area (Å²) < 4.78 is 52.9. The summed E-state index contributed by atoms with van der Waals surface area (Å²) in [5.41, 5.74) is 1.51. The lowest BCUT2D eigenvalue weighted by Gasteiger charge is -2.21. The van der Waals surface area contributed by atoms with E-state index >= 15 is 0 Å². The van der Waals surface area contributed by atoms with Crippen LogP contribution in [0.25, 0.3) is 0 Å².